The van der Waals surface area contributed by atoms with Crippen LogP contribution in [0.5, 0.6) is 5.75 Å². The summed E-state index contributed by atoms with van der Waals surface area (Å²) in [5, 5.41) is 23.0. The molecule has 0 spiro atoms. The lowest BCUT2D eigenvalue weighted by atomic mass is 9.89. The number of amides is 1. The lowest BCUT2D eigenvalue weighted by Crippen LogP contribution is -2.52. The number of phenolic OH excluding ortho intramolecular Hbond substituents is 1. The highest BCUT2D eigenvalue weighted by Gasteiger charge is 2.31. The number of hydrogen-bond donors (Lipinski definition) is 3. The number of nitrogens with one attached hydrogen (secondary N) is 1. The van der Waals surface area contributed by atoms with Gasteiger partial charge in [0.2, 0.25) is 0 Å². The summed E-state index contributed by atoms with van der Waals surface area (Å²) in [7, 11) is 0. The van der Waals surface area contributed by atoms with E-state index in [0.29, 0.717) is 11.6 Å². The first kappa shape index (κ1) is 16.3. The molecule has 2 atom stereocenters. The number of para-hydroxylation sites is 1. The molecule has 1 saturated carbocycles. The molecule has 1 heterocycles. The number of nitrogens with zero attached hydrogens (tertiary/aromatic N) is 1. The smallest absolute Gasteiger partial charge is 0.255 e. The predicted octanol–water partition coefficient (Wildman–Crippen LogP) is 1.89. The van der Waals surface area contributed by atoms with Crippen molar-refractivity contribution < 1.29 is 15.0 Å². The first-order valence-electron chi connectivity index (χ1n) is 8.66. The molecular weight excluding hydrogens is 292 g/mol. The van der Waals surface area contributed by atoms with Crippen LogP contribution in [-0.4, -0.2) is 52.3 Å². The number of likely N-dealkylation sites (tertiary alicyclic amines) is 1. The van der Waals surface area contributed by atoms with E-state index >= 15 is 0 Å². The zero-order valence-electron chi connectivity index (χ0n) is 13.4. The standard InChI is InChI=1S/C18H26N2O3/c21-16-7-3-1-5-14(16)18(23)19-13-9-11-20(12-10-13)15-6-2-4-8-17(15)22/h1,3,5,7,13,15,17,21-22H,2,4,6,8-12H2,(H,19,23). The van der Waals surface area contributed by atoms with Gasteiger partial charge in [0, 0.05) is 25.2 Å². The molecule has 0 bridgehead atoms. The Morgan fingerprint density at radius 2 is 1.78 bits per heavy atom. The van der Waals surface area contributed by atoms with Gasteiger partial charge in [-0.3, -0.25) is 9.69 Å². The molecule has 3 N–H and O–H groups in total. The fraction of sp³-hybridized carbons (Fsp3) is 0.611. The van der Waals surface area contributed by atoms with Crippen LogP contribution in [-0.2, 0) is 0 Å². The van der Waals surface area contributed by atoms with Crippen LogP contribution >= 0.6 is 0 Å². The molecule has 2 fully saturated rings. The Hall–Kier alpha value is -1.59. The zero-order chi connectivity index (χ0) is 16.2. The van der Waals surface area contributed by atoms with Gasteiger partial charge in [0.25, 0.3) is 5.91 Å². The molecule has 5 nitrogen and oxygen atoms in total. The number of rotatable bonds is 3. The quantitative estimate of drug-likeness (QED) is 0.796. The fourth-order valence-corrected chi connectivity index (χ4v) is 3.82. The number of aromatic hydroxyl groups is 1. The number of phenols is 1. The van der Waals surface area contributed by atoms with Crippen molar-refractivity contribution in [3.05, 3.63) is 29.8 Å². The molecule has 2 aliphatic rings. The topological polar surface area (TPSA) is 72.8 Å². The summed E-state index contributed by atoms with van der Waals surface area (Å²) >= 11 is 0. The minimum atomic E-state index is -0.209. The average Bonchev–Trinajstić information content (AvgIpc) is 2.56. The SMILES string of the molecule is O=C(NC1CCN(C2CCCCC2O)CC1)c1ccccc1O. The Kier molecular flexibility index (Phi) is 5.18. The average molecular weight is 318 g/mol. The summed E-state index contributed by atoms with van der Waals surface area (Å²) in [6.07, 6.45) is 5.91. The minimum Gasteiger partial charge on any atom is -0.507 e. The Labute approximate surface area is 137 Å². The number of benzene rings is 1. The maximum Gasteiger partial charge on any atom is 0.255 e. The molecule has 1 aromatic rings. The third kappa shape index (κ3) is 3.85. The fourth-order valence-electron chi connectivity index (χ4n) is 3.82. The van der Waals surface area contributed by atoms with E-state index in [0.717, 1.165) is 45.2 Å². The van der Waals surface area contributed by atoms with Gasteiger partial charge in [0.15, 0.2) is 0 Å². The molecule has 1 aliphatic carbocycles. The van der Waals surface area contributed by atoms with E-state index in [-0.39, 0.29) is 23.8 Å². The molecule has 2 unspecified atom stereocenters. The van der Waals surface area contributed by atoms with Crippen LogP contribution in [0.3, 0.4) is 0 Å². The predicted molar refractivity (Wildman–Crippen MR) is 88.4 cm³/mol. The van der Waals surface area contributed by atoms with E-state index < -0.39 is 0 Å². The van der Waals surface area contributed by atoms with Crippen molar-refractivity contribution in [1.82, 2.24) is 10.2 Å². The van der Waals surface area contributed by atoms with Crippen LogP contribution in [0.25, 0.3) is 0 Å². The molecule has 0 radical (unpaired) electrons. The Balaban J connectivity index is 1.51. The van der Waals surface area contributed by atoms with Gasteiger partial charge in [0.05, 0.1) is 11.7 Å². The summed E-state index contributed by atoms with van der Waals surface area (Å²) < 4.78 is 0. The van der Waals surface area contributed by atoms with Gasteiger partial charge in [0.1, 0.15) is 5.75 Å². The maximum atomic E-state index is 12.2. The van der Waals surface area contributed by atoms with E-state index in [1.54, 1.807) is 18.2 Å². The van der Waals surface area contributed by atoms with Gasteiger partial charge >= 0.3 is 0 Å². The molecule has 23 heavy (non-hydrogen) atoms. The van der Waals surface area contributed by atoms with Crippen LogP contribution in [0, 0.1) is 0 Å². The minimum absolute atomic E-state index is 0.0211. The Morgan fingerprint density at radius 3 is 2.48 bits per heavy atom. The Morgan fingerprint density at radius 1 is 1.09 bits per heavy atom. The normalized spacial score (nSPS) is 26.8. The number of aliphatic hydroxyl groups is 1. The number of hydrogen-bond acceptors (Lipinski definition) is 4. The van der Waals surface area contributed by atoms with Gasteiger partial charge in [-0.1, -0.05) is 25.0 Å². The first-order valence-corrected chi connectivity index (χ1v) is 8.66. The molecule has 1 saturated heterocycles. The van der Waals surface area contributed by atoms with Crippen molar-refractivity contribution in [2.75, 3.05) is 13.1 Å². The van der Waals surface area contributed by atoms with E-state index in [1.165, 1.54) is 12.5 Å². The van der Waals surface area contributed by atoms with E-state index in [4.69, 9.17) is 0 Å². The van der Waals surface area contributed by atoms with Gasteiger partial charge in [-0.25, -0.2) is 0 Å². The summed E-state index contributed by atoms with van der Waals surface area (Å²) in [6.45, 7) is 1.82. The van der Waals surface area contributed by atoms with Crippen LogP contribution in [0.4, 0.5) is 0 Å². The highest BCUT2D eigenvalue weighted by atomic mass is 16.3. The van der Waals surface area contributed by atoms with Gasteiger partial charge < -0.3 is 15.5 Å². The number of aliphatic hydroxyl groups excluding tert-OH is 1. The number of piperidine rings is 1. The summed E-state index contributed by atoms with van der Waals surface area (Å²) in [5.74, 6) is -0.188. The van der Waals surface area contributed by atoms with Gasteiger partial charge in [-0.2, -0.15) is 0 Å². The van der Waals surface area contributed by atoms with Crippen LogP contribution < -0.4 is 5.32 Å². The first-order chi connectivity index (χ1) is 11.1. The third-order valence-electron chi connectivity index (χ3n) is 5.18. The van der Waals surface area contributed by atoms with E-state index in [2.05, 4.69) is 10.2 Å². The second-order valence-electron chi connectivity index (χ2n) is 6.72. The maximum absolute atomic E-state index is 12.2. The highest BCUT2D eigenvalue weighted by Crippen LogP contribution is 2.26. The largest absolute Gasteiger partial charge is 0.507 e. The third-order valence-corrected chi connectivity index (χ3v) is 5.18. The van der Waals surface area contributed by atoms with E-state index in [9.17, 15) is 15.0 Å². The summed E-state index contributed by atoms with van der Waals surface area (Å²) in [5.41, 5.74) is 0.331. The number of carbonyl (C=O) groups excluding carboxylic acids is 1. The van der Waals surface area contributed by atoms with Crippen molar-refractivity contribution >= 4 is 5.91 Å². The second-order valence-corrected chi connectivity index (χ2v) is 6.72. The van der Waals surface area contributed by atoms with Gasteiger partial charge in [-0.05, 0) is 37.8 Å². The molecule has 1 aliphatic heterocycles. The molecule has 1 aromatic carbocycles. The molecule has 0 aromatic heterocycles. The van der Waals surface area contributed by atoms with Crippen LogP contribution in [0.2, 0.25) is 0 Å². The summed E-state index contributed by atoms with van der Waals surface area (Å²) in [4.78, 5) is 14.6. The molecule has 1 amide bonds. The molecular formula is C18H26N2O3. The van der Waals surface area contributed by atoms with Crippen molar-refractivity contribution in [2.24, 2.45) is 0 Å². The lowest BCUT2D eigenvalue weighted by molar-refractivity contribution is 0.00727. The van der Waals surface area contributed by atoms with E-state index in [1.807, 2.05) is 0 Å². The highest BCUT2D eigenvalue weighted by molar-refractivity contribution is 5.96. The second kappa shape index (κ2) is 7.32. The number of carbonyl (C=O) groups is 1. The van der Waals surface area contributed by atoms with Crippen molar-refractivity contribution in [3.8, 4) is 5.75 Å². The van der Waals surface area contributed by atoms with Crippen LogP contribution in [0.1, 0.15) is 48.9 Å². The summed E-state index contributed by atoms with van der Waals surface area (Å²) in [6, 6.07) is 7.06. The molecule has 3 rings (SSSR count). The monoisotopic (exact) mass is 318 g/mol. The lowest BCUT2D eigenvalue weighted by Gasteiger charge is -2.41. The van der Waals surface area contributed by atoms with Crippen molar-refractivity contribution in [2.45, 2.75) is 56.7 Å². The van der Waals surface area contributed by atoms with Crippen LogP contribution in [0.15, 0.2) is 24.3 Å². The molecule has 5 heteroatoms. The molecule has 126 valence electrons. The van der Waals surface area contributed by atoms with Crippen molar-refractivity contribution in [1.29, 1.82) is 0 Å². The van der Waals surface area contributed by atoms with Gasteiger partial charge in [-0.15, -0.1) is 0 Å². The zero-order valence-corrected chi connectivity index (χ0v) is 13.4. The van der Waals surface area contributed by atoms with Crippen molar-refractivity contribution in [3.63, 3.8) is 0 Å². The Bertz CT molecular complexity index is 541.